The summed E-state index contributed by atoms with van der Waals surface area (Å²) in [5.74, 6) is -0.187. The molecule has 0 radical (unpaired) electrons. The van der Waals surface area contributed by atoms with Crippen molar-refractivity contribution in [3.05, 3.63) is 53.1 Å². The predicted octanol–water partition coefficient (Wildman–Crippen LogP) is 3.26. The Morgan fingerprint density at radius 2 is 2.00 bits per heavy atom. The summed E-state index contributed by atoms with van der Waals surface area (Å²) in [5.41, 5.74) is 0.785. The zero-order valence-electron chi connectivity index (χ0n) is 15.8. The number of nitrogens with zero attached hydrogens (tertiary/aromatic N) is 2. The van der Waals surface area contributed by atoms with Gasteiger partial charge in [-0.05, 0) is 55.3 Å². The number of halogens is 1. The molecule has 152 valence electrons. The quantitative estimate of drug-likeness (QED) is 0.780. The lowest BCUT2D eigenvalue weighted by Gasteiger charge is -2.31. The smallest absolute Gasteiger partial charge is 0.243 e. The monoisotopic (exact) mass is 433 g/mol. The van der Waals surface area contributed by atoms with Crippen LogP contribution < -0.4 is 10.1 Å². The number of nitriles is 1. The van der Waals surface area contributed by atoms with Crippen molar-refractivity contribution < 1.29 is 17.9 Å². The molecule has 29 heavy (non-hydrogen) atoms. The van der Waals surface area contributed by atoms with E-state index >= 15 is 0 Å². The number of rotatable bonds is 5. The number of sulfonamides is 1. The van der Waals surface area contributed by atoms with E-state index < -0.39 is 15.9 Å². The van der Waals surface area contributed by atoms with Gasteiger partial charge < -0.3 is 10.1 Å². The SMILES string of the molecule is COc1ccc(S(=O)(=O)N2CCCC(C(=O)Nc3ccc(C#N)c(Cl)c3)C2)cc1. The molecule has 9 heteroatoms. The maximum atomic E-state index is 12.9. The fraction of sp³-hybridized carbons (Fsp3) is 0.300. The normalized spacial score (nSPS) is 17.3. The molecule has 1 heterocycles. The molecule has 7 nitrogen and oxygen atoms in total. The first-order chi connectivity index (χ1) is 13.8. The van der Waals surface area contributed by atoms with E-state index in [4.69, 9.17) is 21.6 Å². The van der Waals surface area contributed by atoms with Gasteiger partial charge in [0.1, 0.15) is 11.8 Å². The largest absolute Gasteiger partial charge is 0.497 e. The second kappa shape index (κ2) is 8.82. The Morgan fingerprint density at radius 3 is 2.62 bits per heavy atom. The maximum Gasteiger partial charge on any atom is 0.243 e. The summed E-state index contributed by atoms with van der Waals surface area (Å²) < 4.78 is 32.3. The average Bonchev–Trinajstić information content (AvgIpc) is 2.74. The van der Waals surface area contributed by atoms with Gasteiger partial charge in [0.05, 0.1) is 28.5 Å². The number of nitrogens with one attached hydrogen (secondary N) is 1. The standard InChI is InChI=1S/C20H20ClN3O4S/c1-28-17-6-8-18(9-7-17)29(26,27)24-10-2-3-15(13-24)20(25)23-16-5-4-14(12-22)19(21)11-16/h4-9,11,15H,2-3,10,13H2,1H3,(H,23,25). The van der Waals surface area contributed by atoms with Gasteiger partial charge >= 0.3 is 0 Å². The third-order valence-corrected chi connectivity index (χ3v) is 7.00. The van der Waals surface area contributed by atoms with Crippen LogP contribution in [0.4, 0.5) is 5.69 Å². The molecule has 1 N–H and O–H groups in total. The van der Waals surface area contributed by atoms with Gasteiger partial charge in [-0.3, -0.25) is 4.79 Å². The fourth-order valence-corrected chi connectivity index (χ4v) is 4.95. The van der Waals surface area contributed by atoms with Crippen molar-refractivity contribution in [1.82, 2.24) is 4.31 Å². The third-order valence-electron chi connectivity index (χ3n) is 4.81. The van der Waals surface area contributed by atoms with Crippen molar-refractivity contribution in [1.29, 1.82) is 5.26 Å². The molecule has 1 aliphatic heterocycles. The highest BCUT2D eigenvalue weighted by molar-refractivity contribution is 7.89. The number of carbonyl (C=O) groups is 1. The first-order valence-electron chi connectivity index (χ1n) is 9.00. The minimum atomic E-state index is -3.70. The molecule has 1 saturated heterocycles. The molecule has 1 fully saturated rings. The number of ether oxygens (including phenoxy) is 1. The minimum Gasteiger partial charge on any atom is -0.497 e. The zero-order valence-corrected chi connectivity index (χ0v) is 17.3. The van der Waals surface area contributed by atoms with Gasteiger partial charge in [-0.25, -0.2) is 8.42 Å². The lowest BCUT2D eigenvalue weighted by molar-refractivity contribution is -0.120. The van der Waals surface area contributed by atoms with Crippen molar-refractivity contribution in [3.8, 4) is 11.8 Å². The Labute approximate surface area is 174 Å². The summed E-state index contributed by atoms with van der Waals surface area (Å²) in [5, 5.41) is 11.9. The Bertz CT molecular complexity index is 1050. The van der Waals surface area contributed by atoms with Gasteiger partial charge in [0, 0.05) is 18.8 Å². The molecule has 0 bridgehead atoms. The highest BCUT2D eigenvalue weighted by atomic mass is 35.5. The summed E-state index contributed by atoms with van der Waals surface area (Å²) in [7, 11) is -2.19. The van der Waals surface area contributed by atoms with Gasteiger partial charge in [-0.1, -0.05) is 11.6 Å². The first-order valence-corrected chi connectivity index (χ1v) is 10.8. The molecular weight excluding hydrogens is 414 g/mol. The molecular formula is C20H20ClN3O4S. The van der Waals surface area contributed by atoms with Crippen LogP contribution in [0.25, 0.3) is 0 Å². The van der Waals surface area contributed by atoms with Gasteiger partial charge in [0.15, 0.2) is 0 Å². The Balaban J connectivity index is 1.71. The first kappa shape index (κ1) is 21.1. The number of carbonyl (C=O) groups excluding carboxylic acids is 1. The van der Waals surface area contributed by atoms with Crippen LogP contribution in [0.2, 0.25) is 5.02 Å². The van der Waals surface area contributed by atoms with Crippen molar-refractivity contribution in [2.45, 2.75) is 17.7 Å². The van der Waals surface area contributed by atoms with Crippen LogP contribution in [0, 0.1) is 17.2 Å². The van der Waals surface area contributed by atoms with Gasteiger partial charge in [0.2, 0.25) is 15.9 Å². The maximum absolute atomic E-state index is 12.9. The highest BCUT2D eigenvalue weighted by Crippen LogP contribution is 2.27. The number of hydrogen-bond donors (Lipinski definition) is 1. The number of amides is 1. The zero-order chi connectivity index (χ0) is 21.0. The van der Waals surface area contributed by atoms with E-state index in [1.807, 2.05) is 6.07 Å². The molecule has 0 spiro atoms. The van der Waals surface area contributed by atoms with E-state index in [9.17, 15) is 13.2 Å². The molecule has 0 aromatic heterocycles. The third kappa shape index (κ3) is 4.70. The van der Waals surface area contributed by atoms with Crippen LogP contribution in [0.5, 0.6) is 5.75 Å². The summed E-state index contributed by atoms with van der Waals surface area (Å²) in [4.78, 5) is 12.8. The molecule has 0 saturated carbocycles. The van der Waals surface area contributed by atoms with Crippen molar-refractivity contribution in [3.63, 3.8) is 0 Å². The van der Waals surface area contributed by atoms with Crippen molar-refractivity contribution in [2.75, 3.05) is 25.5 Å². The van der Waals surface area contributed by atoms with Crippen LogP contribution >= 0.6 is 11.6 Å². The van der Waals surface area contributed by atoms with Crippen molar-refractivity contribution in [2.24, 2.45) is 5.92 Å². The Kier molecular flexibility index (Phi) is 6.42. The predicted molar refractivity (Wildman–Crippen MR) is 109 cm³/mol. The van der Waals surface area contributed by atoms with Crippen LogP contribution in [0.1, 0.15) is 18.4 Å². The second-order valence-corrected chi connectivity index (χ2v) is 9.02. The van der Waals surface area contributed by atoms with Gasteiger partial charge in [-0.15, -0.1) is 0 Å². The molecule has 2 aromatic carbocycles. The van der Waals surface area contributed by atoms with Gasteiger partial charge in [-0.2, -0.15) is 9.57 Å². The van der Waals surface area contributed by atoms with Crippen molar-refractivity contribution >= 4 is 33.2 Å². The molecule has 1 atom stereocenters. The van der Waals surface area contributed by atoms with E-state index in [0.717, 1.165) is 0 Å². The van der Waals surface area contributed by atoms with Crippen LogP contribution in [-0.4, -0.2) is 38.8 Å². The van der Waals surface area contributed by atoms with Gasteiger partial charge in [0.25, 0.3) is 0 Å². The van der Waals surface area contributed by atoms with E-state index in [1.165, 1.54) is 35.7 Å². The fourth-order valence-electron chi connectivity index (χ4n) is 3.20. The Hall–Kier alpha value is -2.60. The van der Waals surface area contributed by atoms with Crippen LogP contribution in [0.15, 0.2) is 47.4 Å². The number of benzene rings is 2. The minimum absolute atomic E-state index is 0.101. The number of methoxy groups -OCH3 is 1. The topological polar surface area (TPSA) is 99.5 Å². The lowest BCUT2D eigenvalue weighted by atomic mass is 9.98. The summed E-state index contributed by atoms with van der Waals surface area (Å²) >= 11 is 6.00. The Morgan fingerprint density at radius 1 is 1.28 bits per heavy atom. The molecule has 1 aliphatic rings. The highest BCUT2D eigenvalue weighted by Gasteiger charge is 2.33. The van der Waals surface area contributed by atoms with Crippen LogP contribution in [-0.2, 0) is 14.8 Å². The number of hydrogen-bond acceptors (Lipinski definition) is 5. The number of piperidine rings is 1. The molecule has 3 rings (SSSR count). The molecule has 2 aromatic rings. The van der Waals surface area contributed by atoms with Crippen LogP contribution in [0.3, 0.4) is 0 Å². The summed E-state index contributed by atoms with van der Waals surface area (Å²) in [6.45, 7) is 0.463. The van der Waals surface area contributed by atoms with E-state index in [-0.39, 0.29) is 22.4 Å². The molecule has 0 aliphatic carbocycles. The number of anilines is 1. The molecule has 1 amide bonds. The second-order valence-electron chi connectivity index (χ2n) is 6.67. The van der Waals surface area contributed by atoms with E-state index in [1.54, 1.807) is 18.2 Å². The molecule has 1 unspecified atom stereocenters. The lowest BCUT2D eigenvalue weighted by Crippen LogP contribution is -2.43. The summed E-state index contributed by atoms with van der Waals surface area (Å²) in [6, 6.07) is 12.8. The summed E-state index contributed by atoms with van der Waals surface area (Å²) in [6.07, 6.45) is 1.17. The van der Waals surface area contributed by atoms with E-state index in [0.29, 0.717) is 36.4 Å². The van der Waals surface area contributed by atoms with E-state index in [2.05, 4.69) is 5.32 Å². The average molecular weight is 434 g/mol.